The topological polar surface area (TPSA) is 71.1 Å². The van der Waals surface area contributed by atoms with Crippen LogP contribution in [0.15, 0.2) is 23.4 Å². The molecule has 1 aromatic carbocycles. The predicted octanol–water partition coefficient (Wildman–Crippen LogP) is 1.39. The van der Waals surface area contributed by atoms with E-state index in [9.17, 15) is 4.39 Å². The molecule has 0 aromatic heterocycles. The smallest absolute Gasteiger partial charge is 0.170 e. The molecular weight excluding hydrogens is 237 g/mol. The van der Waals surface area contributed by atoms with Gasteiger partial charge in [0.05, 0.1) is 12.3 Å². The average Bonchev–Trinajstić information content (AvgIpc) is 2.40. The summed E-state index contributed by atoms with van der Waals surface area (Å²) in [6.45, 7) is 3.73. The Morgan fingerprint density at radius 3 is 2.78 bits per heavy atom. The van der Waals surface area contributed by atoms with Crippen molar-refractivity contribution in [2.75, 3.05) is 31.7 Å². The molecule has 6 heteroatoms. The molecule has 0 amide bonds. The molecule has 0 aliphatic heterocycles. The summed E-state index contributed by atoms with van der Waals surface area (Å²) in [5.41, 5.74) is 6.23. The number of methoxy groups -OCH3 is 1. The van der Waals surface area contributed by atoms with Crippen LogP contribution in [0.3, 0.4) is 0 Å². The molecule has 0 aliphatic rings. The zero-order chi connectivity index (χ0) is 13.5. The standard InChI is InChI=1S/C12H18FN3O2/c1-3-16(6-7-18-2)11-5-4-9(8-10(11)13)12(14)15-17/h4-5,8,17H,3,6-7H2,1-2H3,(H2,14,15). The first kappa shape index (κ1) is 14.2. The van der Waals surface area contributed by atoms with Crippen LogP contribution in [0.2, 0.25) is 0 Å². The maximum Gasteiger partial charge on any atom is 0.170 e. The normalized spacial score (nSPS) is 11.6. The van der Waals surface area contributed by atoms with Crippen molar-refractivity contribution in [3.8, 4) is 0 Å². The summed E-state index contributed by atoms with van der Waals surface area (Å²) in [6, 6.07) is 4.48. The number of nitrogens with zero attached hydrogens (tertiary/aromatic N) is 2. The van der Waals surface area contributed by atoms with Crippen molar-refractivity contribution < 1.29 is 14.3 Å². The fourth-order valence-corrected chi connectivity index (χ4v) is 1.63. The largest absolute Gasteiger partial charge is 0.409 e. The minimum Gasteiger partial charge on any atom is -0.409 e. The molecule has 5 nitrogen and oxygen atoms in total. The molecule has 1 rings (SSSR count). The van der Waals surface area contributed by atoms with Crippen LogP contribution in [0.4, 0.5) is 10.1 Å². The number of hydrogen-bond acceptors (Lipinski definition) is 4. The number of nitrogens with two attached hydrogens (primary N) is 1. The summed E-state index contributed by atoms with van der Waals surface area (Å²) in [5, 5.41) is 11.4. The number of oxime groups is 1. The lowest BCUT2D eigenvalue weighted by molar-refractivity contribution is 0.205. The second kappa shape index (κ2) is 6.80. The van der Waals surface area contributed by atoms with Gasteiger partial charge in [0, 0.05) is 25.8 Å². The minimum atomic E-state index is -0.406. The van der Waals surface area contributed by atoms with Gasteiger partial charge in [-0.1, -0.05) is 5.16 Å². The van der Waals surface area contributed by atoms with Crippen LogP contribution in [0.1, 0.15) is 12.5 Å². The van der Waals surface area contributed by atoms with Gasteiger partial charge in [-0.2, -0.15) is 0 Å². The van der Waals surface area contributed by atoms with Crippen LogP contribution in [0.5, 0.6) is 0 Å². The number of likely N-dealkylation sites (N-methyl/N-ethyl adjacent to an activating group) is 1. The second-order valence-electron chi connectivity index (χ2n) is 3.72. The van der Waals surface area contributed by atoms with E-state index in [1.807, 2.05) is 11.8 Å². The summed E-state index contributed by atoms with van der Waals surface area (Å²) in [4.78, 5) is 1.86. The summed E-state index contributed by atoms with van der Waals surface area (Å²) in [5.74, 6) is -0.516. The zero-order valence-corrected chi connectivity index (χ0v) is 10.6. The number of ether oxygens (including phenoxy) is 1. The Hall–Kier alpha value is -1.82. The van der Waals surface area contributed by atoms with Gasteiger partial charge >= 0.3 is 0 Å². The summed E-state index contributed by atoms with van der Waals surface area (Å²) in [7, 11) is 1.60. The Balaban J connectivity index is 2.96. The lowest BCUT2D eigenvalue weighted by atomic mass is 10.1. The molecule has 100 valence electrons. The Morgan fingerprint density at radius 2 is 2.28 bits per heavy atom. The lowest BCUT2D eigenvalue weighted by Crippen LogP contribution is -2.28. The van der Waals surface area contributed by atoms with Crippen molar-refractivity contribution in [1.82, 2.24) is 0 Å². The Kier molecular flexibility index (Phi) is 5.38. The second-order valence-corrected chi connectivity index (χ2v) is 3.72. The third kappa shape index (κ3) is 3.33. The van der Waals surface area contributed by atoms with Crippen molar-refractivity contribution >= 4 is 11.5 Å². The van der Waals surface area contributed by atoms with E-state index >= 15 is 0 Å². The van der Waals surface area contributed by atoms with E-state index in [1.165, 1.54) is 6.07 Å². The van der Waals surface area contributed by atoms with Crippen LogP contribution < -0.4 is 10.6 Å². The molecule has 3 N–H and O–H groups in total. The van der Waals surface area contributed by atoms with Crippen molar-refractivity contribution in [2.45, 2.75) is 6.92 Å². The van der Waals surface area contributed by atoms with E-state index in [1.54, 1.807) is 19.2 Å². The highest BCUT2D eigenvalue weighted by molar-refractivity contribution is 5.97. The maximum absolute atomic E-state index is 13.9. The van der Waals surface area contributed by atoms with E-state index in [-0.39, 0.29) is 5.84 Å². The van der Waals surface area contributed by atoms with Gasteiger partial charge in [0.25, 0.3) is 0 Å². The molecule has 0 spiro atoms. The van der Waals surface area contributed by atoms with Crippen LogP contribution in [-0.4, -0.2) is 37.8 Å². The van der Waals surface area contributed by atoms with Crippen molar-refractivity contribution in [2.24, 2.45) is 10.9 Å². The molecule has 0 unspecified atom stereocenters. The van der Waals surface area contributed by atoms with E-state index < -0.39 is 5.82 Å². The monoisotopic (exact) mass is 255 g/mol. The van der Waals surface area contributed by atoms with Crippen LogP contribution in [-0.2, 0) is 4.74 Å². The van der Waals surface area contributed by atoms with Gasteiger partial charge in [0.2, 0.25) is 0 Å². The van der Waals surface area contributed by atoms with Gasteiger partial charge in [0.1, 0.15) is 5.82 Å². The van der Waals surface area contributed by atoms with Crippen molar-refractivity contribution in [3.05, 3.63) is 29.6 Å². The Morgan fingerprint density at radius 1 is 1.56 bits per heavy atom. The first-order valence-electron chi connectivity index (χ1n) is 5.65. The van der Waals surface area contributed by atoms with Gasteiger partial charge in [-0.3, -0.25) is 0 Å². The van der Waals surface area contributed by atoms with E-state index in [2.05, 4.69) is 5.16 Å². The maximum atomic E-state index is 13.9. The zero-order valence-electron chi connectivity index (χ0n) is 10.6. The molecule has 1 aromatic rings. The molecule has 0 radical (unpaired) electrons. The van der Waals surface area contributed by atoms with Crippen LogP contribution in [0.25, 0.3) is 0 Å². The molecule has 0 saturated carbocycles. The molecule has 0 saturated heterocycles. The van der Waals surface area contributed by atoms with Crippen LogP contribution >= 0.6 is 0 Å². The van der Waals surface area contributed by atoms with Crippen LogP contribution in [0, 0.1) is 5.82 Å². The molecule has 0 fully saturated rings. The first-order chi connectivity index (χ1) is 8.63. The van der Waals surface area contributed by atoms with Gasteiger partial charge < -0.3 is 20.6 Å². The number of rotatable bonds is 6. The van der Waals surface area contributed by atoms with Gasteiger partial charge in [-0.05, 0) is 25.1 Å². The number of anilines is 1. The molecule has 0 atom stereocenters. The molecule has 0 bridgehead atoms. The number of hydrogen-bond donors (Lipinski definition) is 2. The Labute approximate surface area is 106 Å². The highest BCUT2D eigenvalue weighted by atomic mass is 19.1. The summed E-state index contributed by atoms with van der Waals surface area (Å²) < 4.78 is 18.9. The van der Waals surface area contributed by atoms with Crippen molar-refractivity contribution in [1.29, 1.82) is 0 Å². The van der Waals surface area contributed by atoms with Gasteiger partial charge in [0.15, 0.2) is 5.84 Å². The SMILES string of the molecule is CCN(CCOC)c1ccc(C(N)=NO)cc1F. The molecule has 0 heterocycles. The minimum absolute atomic E-state index is 0.111. The molecular formula is C12H18FN3O2. The lowest BCUT2D eigenvalue weighted by Gasteiger charge is -2.23. The Bertz CT molecular complexity index is 424. The third-order valence-corrected chi connectivity index (χ3v) is 2.64. The van der Waals surface area contributed by atoms with Gasteiger partial charge in [-0.25, -0.2) is 4.39 Å². The highest BCUT2D eigenvalue weighted by Gasteiger charge is 2.11. The first-order valence-corrected chi connectivity index (χ1v) is 5.65. The predicted molar refractivity (Wildman–Crippen MR) is 68.7 cm³/mol. The van der Waals surface area contributed by atoms with Crippen molar-refractivity contribution in [3.63, 3.8) is 0 Å². The van der Waals surface area contributed by atoms with E-state index in [4.69, 9.17) is 15.7 Å². The fourth-order valence-electron chi connectivity index (χ4n) is 1.63. The quantitative estimate of drug-likeness (QED) is 0.349. The third-order valence-electron chi connectivity index (χ3n) is 2.64. The summed E-state index contributed by atoms with van der Waals surface area (Å²) in [6.07, 6.45) is 0. The average molecular weight is 255 g/mol. The molecule has 18 heavy (non-hydrogen) atoms. The highest BCUT2D eigenvalue weighted by Crippen LogP contribution is 2.20. The number of amidine groups is 1. The number of benzene rings is 1. The summed E-state index contributed by atoms with van der Waals surface area (Å²) >= 11 is 0. The van der Waals surface area contributed by atoms with E-state index in [0.29, 0.717) is 30.9 Å². The number of halogens is 1. The fraction of sp³-hybridized carbons (Fsp3) is 0.417. The van der Waals surface area contributed by atoms with Gasteiger partial charge in [-0.15, -0.1) is 0 Å². The van der Waals surface area contributed by atoms with E-state index in [0.717, 1.165) is 0 Å². The molecule has 0 aliphatic carbocycles.